The number of hydrogen-bond acceptors (Lipinski definition) is 3. The van der Waals surface area contributed by atoms with Gasteiger partial charge in [-0.15, -0.1) is 0 Å². The molecule has 0 atom stereocenters. The minimum absolute atomic E-state index is 0.140. The van der Waals surface area contributed by atoms with Crippen LogP contribution in [0.25, 0.3) is 0 Å². The quantitative estimate of drug-likeness (QED) is 0.881. The summed E-state index contributed by atoms with van der Waals surface area (Å²) in [7, 11) is 0. The van der Waals surface area contributed by atoms with Gasteiger partial charge in [0.1, 0.15) is 11.3 Å². The van der Waals surface area contributed by atoms with Crippen LogP contribution in [0, 0.1) is 0 Å². The van der Waals surface area contributed by atoms with Gasteiger partial charge in [0.15, 0.2) is 5.75 Å². The van der Waals surface area contributed by atoms with Gasteiger partial charge >= 0.3 is 5.97 Å². The normalized spacial score (nSPS) is 10.3. The molecule has 1 heterocycles. The highest BCUT2D eigenvalue weighted by Gasteiger charge is 2.11. The van der Waals surface area contributed by atoms with Crippen LogP contribution < -0.4 is 4.74 Å². The van der Waals surface area contributed by atoms with Gasteiger partial charge in [-0.25, -0.2) is 4.79 Å². The van der Waals surface area contributed by atoms with E-state index in [1.807, 2.05) is 0 Å². The molecule has 0 saturated carbocycles. The van der Waals surface area contributed by atoms with E-state index in [1.165, 1.54) is 6.07 Å². The maximum Gasteiger partial charge on any atom is 0.339 e. The lowest BCUT2D eigenvalue weighted by molar-refractivity contribution is 0.0694. The summed E-state index contributed by atoms with van der Waals surface area (Å²) in [5, 5.41) is 13.2. The molecule has 0 radical (unpaired) electrons. The van der Waals surface area contributed by atoms with E-state index in [2.05, 4.69) is 12.0 Å². The van der Waals surface area contributed by atoms with Crippen LogP contribution in [-0.2, 0) is 6.54 Å². The Morgan fingerprint density at radius 3 is 2.94 bits per heavy atom. The number of carboxylic acid groups (broad SMARTS) is 1. The topological polar surface area (TPSA) is 64.3 Å². The maximum atomic E-state index is 11.0. The van der Waals surface area contributed by atoms with Crippen LogP contribution in [0.3, 0.4) is 0 Å². The van der Waals surface area contributed by atoms with E-state index in [9.17, 15) is 4.79 Å². The molecular weight excluding hydrogens is 232 g/mol. The summed E-state index contributed by atoms with van der Waals surface area (Å²) in [6, 6.07) is 6.53. The van der Waals surface area contributed by atoms with Crippen molar-refractivity contribution in [2.75, 3.05) is 0 Å². The first-order valence-electron chi connectivity index (χ1n) is 5.73. The van der Waals surface area contributed by atoms with Crippen molar-refractivity contribution >= 4 is 5.97 Å². The van der Waals surface area contributed by atoms with E-state index in [4.69, 9.17) is 9.84 Å². The standard InChI is InChI=1S/C13H14N2O3/c1-2-7-15-9-10(8-14-15)18-12-6-4-3-5-11(12)13(16)17/h3-6,8-9H,2,7H2,1H3,(H,16,17). The number of benzene rings is 1. The molecule has 0 fully saturated rings. The zero-order valence-corrected chi connectivity index (χ0v) is 10.0. The van der Waals surface area contributed by atoms with E-state index in [-0.39, 0.29) is 5.56 Å². The monoisotopic (exact) mass is 246 g/mol. The predicted octanol–water partition coefficient (Wildman–Crippen LogP) is 2.78. The number of carbonyl (C=O) groups is 1. The number of ether oxygens (including phenoxy) is 1. The maximum absolute atomic E-state index is 11.0. The second kappa shape index (κ2) is 5.35. The van der Waals surface area contributed by atoms with E-state index in [0.29, 0.717) is 11.5 Å². The highest BCUT2D eigenvalue weighted by molar-refractivity contribution is 5.90. The molecule has 5 heteroatoms. The number of hydrogen-bond donors (Lipinski definition) is 1. The predicted molar refractivity (Wildman–Crippen MR) is 66.0 cm³/mol. The van der Waals surface area contributed by atoms with Gasteiger partial charge in [-0.1, -0.05) is 19.1 Å². The van der Waals surface area contributed by atoms with Gasteiger partial charge in [-0.05, 0) is 18.6 Å². The van der Waals surface area contributed by atoms with Gasteiger partial charge in [0, 0.05) is 6.54 Å². The fourth-order valence-electron chi connectivity index (χ4n) is 1.61. The molecule has 1 aromatic carbocycles. The molecule has 1 N–H and O–H groups in total. The first-order chi connectivity index (χ1) is 8.70. The second-order valence-electron chi connectivity index (χ2n) is 3.84. The van der Waals surface area contributed by atoms with Crippen LogP contribution in [0.15, 0.2) is 36.7 Å². The molecule has 0 amide bonds. The van der Waals surface area contributed by atoms with E-state index in [0.717, 1.165) is 13.0 Å². The Bertz CT molecular complexity index is 549. The van der Waals surface area contributed by atoms with E-state index in [1.54, 1.807) is 35.3 Å². The molecule has 1 aromatic heterocycles. The molecule has 0 aliphatic rings. The van der Waals surface area contributed by atoms with Crippen LogP contribution in [0.5, 0.6) is 11.5 Å². The summed E-state index contributed by atoms with van der Waals surface area (Å²) in [5.74, 6) is -0.148. The van der Waals surface area contributed by atoms with Crippen molar-refractivity contribution < 1.29 is 14.6 Å². The highest BCUT2D eigenvalue weighted by atomic mass is 16.5. The summed E-state index contributed by atoms with van der Waals surface area (Å²) in [6.07, 6.45) is 4.31. The number of aryl methyl sites for hydroxylation is 1. The average Bonchev–Trinajstić information content (AvgIpc) is 2.77. The lowest BCUT2D eigenvalue weighted by Gasteiger charge is -2.05. The molecule has 2 aromatic rings. The highest BCUT2D eigenvalue weighted by Crippen LogP contribution is 2.24. The Kier molecular flexibility index (Phi) is 3.62. The van der Waals surface area contributed by atoms with Gasteiger partial charge in [0.25, 0.3) is 0 Å². The molecule has 94 valence electrons. The van der Waals surface area contributed by atoms with Gasteiger partial charge in [-0.2, -0.15) is 5.10 Å². The zero-order valence-electron chi connectivity index (χ0n) is 10.0. The molecule has 0 bridgehead atoms. The first-order valence-corrected chi connectivity index (χ1v) is 5.73. The number of para-hydroxylation sites is 1. The van der Waals surface area contributed by atoms with Crippen molar-refractivity contribution in [2.24, 2.45) is 0 Å². The number of aromatic carboxylic acids is 1. The third kappa shape index (κ3) is 2.68. The van der Waals surface area contributed by atoms with Crippen molar-refractivity contribution in [3.63, 3.8) is 0 Å². The minimum atomic E-state index is -1.01. The van der Waals surface area contributed by atoms with Crippen molar-refractivity contribution in [3.05, 3.63) is 42.2 Å². The van der Waals surface area contributed by atoms with E-state index >= 15 is 0 Å². The molecule has 0 unspecified atom stereocenters. The fraction of sp³-hybridized carbons (Fsp3) is 0.231. The molecule has 0 aliphatic carbocycles. The second-order valence-corrected chi connectivity index (χ2v) is 3.84. The van der Waals surface area contributed by atoms with Crippen molar-refractivity contribution in [1.29, 1.82) is 0 Å². The third-order valence-electron chi connectivity index (χ3n) is 2.41. The Morgan fingerprint density at radius 1 is 1.44 bits per heavy atom. The van der Waals surface area contributed by atoms with Crippen LogP contribution in [0.1, 0.15) is 23.7 Å². The molecule has 0 aliphatic heterocycles. The lowest BCUT2D eigenvalue weighted by Crippen LogP contribution is -1.99. The van der Waals surface area contributed by atoms with Gasteiger partial charge in [-0.3, -0.25) is 4.68 Å². The Morgan fingerprint density at radius 2 is 2.22 bits per heavy atom. The number of carboxylic acids is 1. The molecular formula is C13H14N2O3. The Labute approximate surface area is 105 Å². The Hall–Kier alpha value is -2.30. The number of nitrogens with zero attached hydrogens (tertiary/aromatic N) is 2. The van der Waals surface area contributed by atoms with Crippen LogP contribution in [0.2, 0.25) is 0 Å². The molecule has 2 rings (SSSR count). The zero-order chi connectivity index (χ0) is 13.0. The summed E-state index contributed by atoms with van der Waals surface area (Å²) in [5.41, 5.74) is 0.140. The van der Waals surface area contributed by atoms with Gasteiger partial charge in [0.05, 0.1) is 12.4 Å². The largest absolute Gasteiger partial charge is 0.478 e. The third-order valence-corrected chi connectivity index (χ3v) is 2.41. The summed E-state index contributed by atoms with van der Waals surface area (Å²) < 4.78 is 7.30. The van der Waals surface area contributed by atoms with E-state index < -0.39 is 5.97 Å². The van der Waals surface area contributed by atoms with Crippen molar-refractivity contribution in [1.82, 2.24) is 9.78 Å². The Balaban J connectivity index is 2.20. The lowest BCUT2D eigenvalue weighted by atomic mass is 10.2. The number of rotatable bonds is 5. The molecule has 5 nitrogen and oxygen atoms in total. The van der Waals surface area contributed by atoms with Crippen LogP contribution in [-0.4, -0.2) is 20.9 Å². The molecule has 0 saturated heterocycles. The molecule has 0 spiro atoms. The van der Waals surface area contributed by atoms with Crippen LogP contribution in [0.4, 0.5) is 0 Å². The minimum Gasteiger partial charge on any atom is -0.478 e. The summed E-state index contributed by atoms with van der Waals surface area (Å²) in [6.45, 7) is 2.87. The van der Waals surface area contributed by atoms with Crippen molar-refractivity contribution in [2.45, 2.75) is 19.9 Å². The van der Waals surface area contributed by atoms with Crippen molar-refractivity contribution in [3.8, 4) is 11.5 Å². The molecule has 18 heavy (non-hydrogen) atoms. The smallest absolute Gasteiger partial charge is 0.339 e. The number of aromatic nitrogens is 2. The summed E-state index contributed by atoms with van der Waals surface area (Å²) >= 11 is 0. The summed E-state index contributed by atoms with van der Waals surface area (Å²) in [4.78, 5) is 11.0. The van der Waals surface area contributed by atoms with Crippen LogP contribution >= 0.6 is 0 Å². The fourth-order valence-corrected chi connectivity index (χ4v) is 1.61. The van der Waals surface area contributed by atoms with Gasteiger partial charge < -0.3 is 9.84 Å². The first kappa shape index (κ1) is 12.2. The van der Waals surface area contributed by atoms with Gasteiger partial charge in [0.2, 0.25) is 0 Å². The SMILES string of the molecule is CCCn1cc(Oc2ccccc2C(=O)O)cn1. The average molecular weight is 246 g/mol.